The number of nitrogens with one attached hydrogen (secondary N) is 1. The molecular formula is C15H31FN6O3. The summed E-state index contributed by atoms with van der Waals surface area (Å²) in [6.45, 7) is 1.67. The van der Waals surface area contributed by atoms with E-state index in [-0.39, 0.29) is 32.4 Å². The SMILES string of the molecule is C.CCCN=C(N)N.NCC(=O)N1CCCC1C(=O)NCC(=O)CF. The number of Topliss-reactive ketones (excluding diaryl/α,β-unsaturated/α-hetero) is 1. The lowest BCUT2D eigenvalue weighted by Gasteiger charge is -2.23. The Morgan fingerprint density at radius 3 is 2.40 bits per heavy atom. The molecule has 7 N–H and O–H groups in total. The van der Waals surface area contributed by atoms with Crippen LogP contribution in [0.25, 0.3) is 0 Å². The van der Waals surface area contributed by atoms with Crippen LogP contribution in [0.3, 0.4) is 0 Å². The van der Waals surface area contributed by atoms with Crippen molar-refractivity contribution in [3.63, 3.8) is 0 Å². The maximum Gasteiger partial charge on any atom is 0.243 e. The lowest BCUT2D eigenvalue weighted by molar-refractivity contribution is -0.137. The number of hydrogen-bond donors (Lipinski definition) is 4. The first-order valence-electron chi connectivity index (χ1n) is 7.77. The van der Waals surface area contributed by atoms with Crippen molar-refractivity contribution in [2.75, 3.05) is 32.9 Å². The predicted molar refractivity (Wildman–Crippen MR) is 95.5 cm³/mol. The van der Waals surface area contributed by atoms with E-state index in [1.807, 2.05) is 6.92 Å². The van der Waals surface area contributed by atoms with Gasteiger partial charge in [0, 0.05) is 13.1 Å². The van der Waals surface area contributed by atoms with Gasteiger partial charge < -0.3 is 27.4 Å². The number of alkyl halides is 1. The van der Waals surface area contributed by atoms with Gasteiger partial charge in [-0.15, -0.1) is 0 Å². The fourth-order valence-electron chi connectivity index (χ4n) is 2.05. The molecule has 0 saturated carbocycles. The molecule has 1 aliphatic heterocycles. The molecule has 1 heterocycles. The van der Waals surface area contributed by atoms with Crippen molar-refractivity contribution in [3.05, 3.63) is 0 Å². The van der Waals surface area contributed by atoms with Gasteiger partial charge in [0.2, 0.25) is 11.8 Å². The second-order valence-corrected chi connectivity index (χ2v) is 5.15. The topological polar surface area (TPSA) is 157 Å². The van der Waals surface area contributed by atoms with Crippen molar-refractivity contribution in [3.8, 4) is 0 Å². The molecule has 146 valence electrons. The van der Waals surface area contributed by atoms with Crippen molar-refractivity contribution in [2.45, 2.75) is 39.7 Å². The third-order valence-corrected chi connectivity index (χ3v) is 3.18. The molecule has 1 aliphatic rings. The minimum Gasteiger partial charge on any atom is -0.370 e. The largest absolute Gasteiger partial charge is 0.370 e. The van der Waals surface area contributed by atoms with Gasteiger partial charge in [-0.3, -0.25) is 19.4 Å². The Morgan fingerprint density at radius 2 is 1.96 bits per heavy atom. The van der Waals surface area contributed by atoms with E-state index >= 15 is 0 Å². The molecule has 0 aromatic heterocycles. The number of nitrogens with zero attached hydrogens (tertiary/aromatic N) is 2. The fourth-order valence-corrected chi connectivity index (χ4v) is 2.05. The van der Waals surface area contributed by atoms with Crippen molar-refractivity contribution in [1.82, 2.24) is 10.2 Å². The predicted octanol–water partition coefficient (Wildman–Crippen LogP) is -1.10. The Balaban J connectivity index is 0. The Kier molecular flexibility index (Phi) is 14.2. The number of nitrogens with two attached hydrogens (primary N) is 3. The summed E-state index contributed by atoms with van der Waals surface area (Å²) in [4.78, 5) is 38.9. The highest BCUT2D eigenvalue weighted by atomic mass is 19.1. The molecule has 0 radical (unpaired) electrons. The summed E-state index contributed by atoms with van der Waals surface area (Å²) in [7, 11) is 0. The molecule has 25 heavy (non-hydrogen) atoms. The number of ketones is 1. The molecule has 1 atom stereocenters. The number of aliphatic imine (C=N–C) groups is 1. The number of carbonyl (C=O) groups excluding carboxylic acids is 3. The molecular weight excluding hydrogens is 331 g/mol. The Morgan fingerprint density at radius 1 is 1.32 bits per heavy atom. The molecule has 0 aliphatic carbocycles. The zero-order valence-corrected chi connectivity index (χ0v) is 14.0. The number of halogens is 1. The van der Waals surface area contributed by atoms with Gasteiger partial charge in [-0.2, -0.15) is 0 Å². The van der Waals surface area contributed by atoms with E-state index in [1.54, 1.807) is 0 Å². The van der Waals surface area contributed by atoms with Gasteiger partial charge in [-0.1, -0.05) is 14.4 Å². The quantitative estimate of drug-likeness (QED) is 0.332. The highest BCUT2D eigenvalue weighted by Crippen LogP contribution is 2.17. The van der Waals surface area contributed by atoms with Gasteiger partial charge in [-0.25, -0.2) is 4.39 Å². The number of carbonyl (C=O) groups is 3. The molecule has 1 saturated heterocycles. The summed E-state index contributed by atoms with van der Waals surface area (Å²) in [6, 6.07) is -0.585. The first kappa shape index (κ1) is 25.0. The molecule has 1 fully saturated rings. The maximum atomic E-state index is 11.9. The minimum absolute atomic E-state index is 0. The van der Waals surface area contributed by atoms with Gasteiger partial charge in [0.05, 0.1) is 13.1 Å². The lowest BCUT2D eigenvalue weighted by atomic mass is 10.2. The van der Waals surface area contributed by atoms with Gasteiger partial charge in [0.15, 0.2) is 11.7 Å². The van der Waals surface area contributed by atoms with E-state index in [0.717, 1.165) is 19.4 Å². The van der Waals surface area contributed by atoms with Crippen LogP contribution in [0.4, 0.5) is 4.39 Å². The zero-order chi connectivity index (χ0) is 18.5. The molecule has 0 bridgehead atoms. The van der Waals surface area contributed by atoms with Crippen LogP contribution in [-0.4, -0.2) is 67.4 Å². The van der Waals surface area contributed by atoms with Crippen molar-refractivity contribution < 1.29 is 18.8 Å². The molecule has 0 aromatic rings. The average molecular weight is 362 g/mol. The van der Waals surface area contributed by atoms with Crippen LogP contribution in [0.1, 0.15) is 33.6 Å². The van der Waals surface area contributed by atoms with Crippen LogP contribution in [0.2, 0.25) is 0 Å². The van der Waals surface area contributed by atoms with E-state index in [9.17, 15) is 18.8 Å². The van der Waals surface area contributed by atoms with E-state index in [1.165, 1.54) is 4.90 Å². The summed E-state index contributed by atoms with van der Waals surface area (Å²) >= 11 is 0. The standard InChI is InChI=1S/C10H16FN3O3.C4H11N3.CH4/c11-4-7(15)6-13-10(17)8-2-1-3-14(8)9(16)5-12;1-2-3-7-4(5)6;/h8H,1-6,12H2,(H,13,17);2-3H2,1H3,(H4,5,6,7);1H4. The van der Waals surface area contributed by atoms with Gasteiger partial charge in [-0.05, 0) is 19.3 Å². The first-order valence-corrected chi connectivity index (χ1v) is 7.77. The van der Waals surface area contributed by atoms with Gasteiger partial charge in [0.25, 0.3) is 0 Å². The van der Waals surface area contributed by atoms with Crippen LogP contribution < -0.4 is 22.5 Å². The van der Waals surface area contributed by atoms with Crippen LogP contribution in [0, 0.1) is 0 Å². The minimum atomic E-state index is -1.10. The summed E-state index contributed by atoms with van der Waals surface area (Å²) in [6.07, 6.45) is 2.26. The van der Waals surface area contributed by atoms with E-state index in [0.29, 0.717) is 13.0 Å². The van der Waals surface area contributed by atoms with Crippen LogP contribution >= 0.6 is 0 Å². The number of amides is 2. The van der Waals surface area contributed by atoms with Crippen LogP contribution in [-0.2, 0) is 14.4 Å². The van der Waals surface area contributed by atoms with Crippen molar-refractivity contribution in [1.29, 1.82) is 0 Å². The zero-order valence-electron chi connectivity index (χ0n) is 14.0. The highest BCUT2D eigenvalue weighted by Gasteiger charge is 2.33. The first-order chi connectivity index (χ1) is 11.4. The van der Waals surface area contributed by atoms with Gasteiger partial charge in [0.1, 0.15) is 12.7 Å². The summed E-state index contributed by atoms with van der Waals surface area (Å²) in [5, 5.41) is 2.32. The second kappa shape index (κ2) is 14.1. The number of likely N-dealkylation sites (tertiary alicyclic amines) is 1. The maximum absolute atomic E-state index is 11.9. The van der Waals surface area contributed by atoms with Crippen LogP contribution in [0.15, 0.2) is 4.99 Å². The van der Waals surface area contributed by atoms with Gasteiger partial charge >= 0.3 is 0 Å². The van der Waals surface area contributed by atoms with E-state index < -0.39 is 24.4 Å². The monoisotopic (exact) mass is 362 g/mol. The normalized spacial score (nSPS) is 15.3. The van der Waals surface area contributed by atoms with E-state index in [2.05, 4.69) is 10.3 Å². The molecule has 1 rings (SSSR count). The smallest absolute Gasteiger partial charge is 0.243 e. The molecule has 2 amide bonds. The molecule has 9 nitrogen and oxygen atoms in total. The summed E-state index contributed by atoms with van der Waals surface area (Å²) in [5.41, 5.74) is 15.2. The molecule has 0 aromatic carbocycles. The van der Waals surface area contributed by atoms with E-state index in [4.69, 9.17) is 17.2 Å². The third-order valence-electron chi connectivity index (χ3n) is 3.18. The summed E-state index contributed by atoms with van der Waals surface area (Å²) < 4.78 is 11.9. The highest BCUT2D eigenvalue weighted by molar-refractivity contribution is 5.92. The number of rotatable bonds is 7. The second-order valence-electron chi connectivity index (χ2n) is 5.15. The number of hydrogen-bond acceptors (Lipinski definition) is 5. The Bertz CT molecular complexity index is 455. The fraction of sp³-hybridized carbons (Fsp3) is 0.733. The Hall–Kier alpha value is -2.23. The number of guanidine groups is 1. The Labute approximate surface area is 148 Å². The van der Waals surface area contributed by atoms with Crippen molar-refractivity contribution in [2.24, 2.45) is 22.2 Å². The lowest BCUT2D eigenvalue weighted by Crippen LogP contribution is -2.48. The summed E-state index contributed by atoms with van der Waals surface area (Å²) in [5.74, 6) is -1.22. The van der Waals surface area contributed by atoms with Crippen molar-refractivity contribution >= 4 is 23.6 Å². The molecule has 1 unspecified atom stereocenters. The third kappa shape index (κ3) is 10.3. The van der Waals surface area contributed by atoms with Crippen LogP contribution in [0.5, 0.6) is 0 Å². The molecule has 0 spiro atoms. The molecule has 10 heteroatoms. The average Bonchev–Trinajstić information content (AvgIpc) is 3.06.